The van der Waals surface area contributed by atoms with Gasteiger partial charge in [-0.1, -0.05) is 0 Å². The number of hydrogen-bond acceptors (Lipinski definition) is 17. The molecule has 1 aromatic heterocycles. The van der Waals surface area contributed by atoms with Gasteiger partial charge < -0.3 is 33.5 Å². The second-order valence-electron chi connectivity index (χ2n) is 10.2. The molecule has 0 spiro atoms. The highest BCUT2D eigenvalue weighted by Crippen LogP contribution is 2.73. The lowest BCUT2D eigenvalue weighted by atomic mass is 9.93. The first-order valence-electron chi connectivity index (χ1n) is 13.1. The molecule has 1 saturated carbocycles. The molecule has 2 aliphatic rings. The van der Waals surface area contributed by atoms with Gasteiger partial charge in [0.05, 0.1) is 12.2 Å². The smallest absolute Gasteiger partial charge is 0.449 e. The molecule has 2 heterocycles. The lowest BCUT2D eigenvalue weighted by Gasteiger charge is -2.35. The van der Waals surface area contributed by atoms with Crippen molar-refractivity contribution in [2.45, 2.75) is 76.0 Å². The topological polar surface area (TPSA) is 238 Å². The molecule has 19 nitrogen and oxygen atoms in total. The minimum absolute atomic E-state index is 0.605. The second kappa shape index (κ2) is 14.1. The number of phosphoric ester groups is 1. The van der Waals surface area contributed by atoms with Crippen LogP contribution in [0.2, 0.25) is 0 Å². The zero-order chi connectivity index (χ0) is 33.8. The Labute approximate surface area is 258 Å². The SMILES string of the molecule is CC(C)OC(=O)OCOP(=O)(OCOC(=O)OC(C)C)OC1[C@]2(OC(=O)CNCl)[C@@](C)(O)[C@H](n3ccc(=O)[nH]c3=O)O[C@]12CF. The summed E-state index contributed by atoms with van der Waals surface area (Å²) in [5, 5.41) is 11.7. The van der Waals surface area contributed by atoms with Gasteiger partial charge in [-0.05, 0) is 46.4 Å². The lowest BCUT2D eigenvalue weighted by Crippen LogP contribution is -2.53. The van der Waals surface area contributed by atoms with Gasteiger partial charge in [0.1, 0.15) is 13.2 Å². The summed E-state index contributed by atoms with van der Waals surface area (Å²) in [6.45, 7) is 2.44. The van der Waals surface area contributed by atoms with Gasteiger partial charge in [0.15, 0.2) is 23.5 Å². The summed E-state index contributed by atoms with van der Waals surface area (Å²) in [5.41, 5.74) is -9.54. The highest BCUT2D eigenvalue weighted by atomic mass is 35.5. The maximum atomic E-state index is 14.9. The standard InChI is InChI=1S/C23H32ClFN3O16P/c1-12(2)40-19(32)36-10-38-45(35,39-11-37-20(33)41-13(3)4)44-16-22(9-25)23(16,42-15(30)8-26-24)21(5,34)17(43-22)28-7-6-14(29)27-18(28)31/h6-7,12-13,16-17,26,34H,8-11H2,1-5H3,(H,27,29,31)/t16?,17-,21+,22-,23+/m1/s1. The number of carbonyl (C=O) groups excluding carboxylic acids is 3. The van der Waals surface area contributed by atoms with Crippen LogP contribution in [0.1, 0.15) is 40.8 Å². The van der Waals surface area contributed by atoms with E-state index in [-0.39, 0.29) is 0 Å². The van der Waals surface area contributed by atoms with E-state index in [0.29, 0.717) is 4.57 Å². The Morgan fingerprint density at radius 2 is 1.69 bits per heavy atom. The van der Waals surface area contributed by atoms with E-state index in [1.807, 2.05) is 9.82 Å². The van der Waals surface area contributed by atoms with Crippen molar-refractivity contribution in [1.29, 1.82) is 0 Å². The highest BCUT2D eigenvalue weighted by Gasteiger charge is 2.96. The minimum Gasteiger partial charge on any atom is -0.449 e. The molecule has 22 heteroatoms. The van der Waals surface area contributed by atoms with E-state index in [9.17, 15) is 38.0 Å². The number of hydrogen-bond donors (Lipinski definition) is 3. The van der Waals surface area contributed by atoms with Crippen LogP contribution in [0.25, 0.3) is 0 Å². The molecule has 1 saturated heterocycles. The molecule has 0 aromatic carbocycles. The largest absolute Gasteiger partial charge is 0.510 e. The summed E-state index contributed by atoms with van der Waals surface area (Å²) in [6, 6.07) is 0.904. The molecule has 254 valence electrons. The van der Waals surface area contributed by atoms with E-state index in [1.165, 1.54) is 27.7 Å². The predicted molar refractivity (Wildman–Crippen MR) is 143 cm³/mol. The number of alkyl halides is 1. The molecule has 0 amide bonds. The van der Waals surface area contributed by atoms with Crippen molar-refractivity contribution >= 4 is 37.9 Å². The Morgan fingerprint density at radius 1 is 1.13 bits per heavy atom. The van der Waals surface area contributed by atoms with Gasteiger partial charge in [0.25, 0.3) is 5.56 Å². The highest BCUT2D eigenvalue weighted by molar-refractivity contribution is 7.48. The number of carbonyl (C=O) groups is 3. The molecule has 2 fully saturated rings. The number of aromatic nitrogens is 2. The number of nitrogens with zero attached hydrogens (tertiary/aromatic N) is 1. The quantitative estimate of drug-likeness (QED) is 0.0768. The fourth-order valence-corrected chi connectivity index (χ4v) is 5.80. The van der Waals surface area contributed by atoms with Crippen molar-refractivity contribution in [2.24, 2.45) is 0 Å². The molecule has 3 N–H and O–H groups in total. The molecular formula is C23H32ClFN3O16P. The van der Waals surface area contributed by atoms with Gasteiger partial charge in [-0.25, -0.2) is 37.2 Å². The maximum Gasteiger partial charge on any atom is 0.510 e. The molecule has 0 radical (unpaired) electrons. The molecule has 3 rings (SSSR count). The van der Waals surface area contributed by atoms with Gasteiger partial charge in [-0.15, -0.1) is 0 Å². The third-order valence-electron chi connectivity index (χ3n) is 6.35. The summed E-state index contributed by atoms with van der Waals surface area (Å²) >= 11 is 5.39. The second-order valence-corrected chi connectivity index (χ2v) is 12.1. The van der Waals surface area contributed by atoms with Crippen molar-refractivity contribution in [3.05, 3.63) is 33.1 Å². The lowest BCUT2D eigenvalue weighted by molar-refractivity contribution is -0.188. The number of aliphatic hydroxyl groups is 1. The number of halogens is 2. The zero-order valence-corrected chi connectivity index (χ0v) is 26.2. The Kier molecular flexibility index (Phi) is 11.4. The molecular weight excluding hydrogens is 660 g/mol. The Hall–Kier alpha value is -3.10. The van der Waals surface area contributed by atoms with Crippen molar-refractivity contribution in [2.75, 3.05) is 26.8 Å². The number of ether oxygens (including phenoxy) is 6. The molecule has 1 aliphatic carbocycles. The first-order chi connectivity index (χ1) is 21.0. The fourth-order valence-electron chi connectivity index (χ4n) is 4.56. The summed E-state index contributed by atoms with van der Waals surface area (Å²) in [7, 11) is -5.14. The van der Waals surface area contributed by atoms with E-state index < -0.39 is 105 Å². The average molecular weight is 692 g/mol. The van der Waals surface area contributed by atoms with Crippen molar-refractivity contribution in [1.82, 2.24) is 14.4 Å². The van der Waals surface area contributed by atoms with Gasteiger partial charge in [0, 0.05) is 12.3 Å². The van der Waals surface area contributed by atoms with E-state index in [4.69, 9.17) is 44.3 Å². The molecule has 1 unspecified atom stereocenters. The van der Waals surface area contributed by atoms with Crippen molar-refractivity contribution < 1.29 is 70.4 Å². The first-order valence-corrected chi connectivity index (χ1v) is 14.9. The monoisotopic (exact) mass is 691 g/mol. The third-order valence-corrected chi connectivity index (χ3v) is 7.80. The van der Waals surface area contributed by atoms with E-state index in [0.717, 1.165) is 19.2 Å². The van der Waals surface area contributed by atoms with E-state index >= 15 is 0 Å². The minimum atomic E-state index is -5.14. The number of fused-ring (bicyclic) bond motifs is 1. The normalized spacial score (nSPS) is 27.2. The summed E-state index contributed by atoms with van der Waals surface area (Å²) in [4.78, 5) is 64.2. The molecule has 5 atom stereocenters. The van der Waals surface area contributed by atoms with Gasteiger partial charge in [0.2, 0.25) is 19.2 Å². The Bertz CT molecular complexity index is 1390. The van der Waals surface area contributed by atoms with Crippen molar-refractivity contribution in [3.63, 3.8) is 0 Å². The molecule has 1 aromatic rings. The Morgan fingerprint density at radius 3 is 2.16 bits per heavy atom. The number of nitrogens with one attached hydrogen (secondary N) is 2. The van der Waals surface area contributed by atoms with Crippen LogP contribution in [0.3, 0.4) is 0 Å². The summed E-state index contributed by atoms with van der Waals surface area (Å²) in [6.07, 6.45) is -6.62. The fraction of sp³-hybridized carbons (Fsp3) is 0.696. The number of aromatic amines is 1. The van der Waals surface area contributed by atoms with Crippen LogP contribution < -0.4 is 16.1 Å². The van der Waals surface area contributed by atoms with E-state index in [1.54, 1.807) is 0 Å². The first kappa shape index (κ1) is 36.4. The van der Waals surface area contributed by atoms with Gasteiger partial charge in [-0.3, -0.25) is 23.7 Å². The summed E-state index contributed by atoms with van der Waals surface area (Å²) in [5.74, 6) is -1.19. The van der Waals surface area contributed by atoms with Gasteiger partial charge >= 0.3 is 31.8 Å². The molecule has 0 bridgehead atoms. The number of esters is 1. The maximum absolute atomic E-state index is 14.9. The number of rotatable bonds is 15. The van der Waals surface area contributed by atoms with Crippen LogP contribution in [0.4, 0.5) is 14.0 Å². The van der Waals surface area contributed by atoms with Crippen molar-refractivity contribution in [3.8, 4) is 0 Å². The van der Waals surface area contributed by atoms with E-state index in [2.05, 4.69) is 9.47 Å². The molecule has 45 heavy (non-hydrogen) atoms. The average Bonchev–Trinajstić information content (AvgIpc) is 3.38. The van der Waals surface area contributed by atoms with Crippen LogP contribution in [0.15, 0.2) is 21.9 Å². The number of H-pyrrole nitrogens is 1. The van der Waals surface area contributed by atoms with Crippen LogP contribution in [0, 0.1) is 0 Å². The predicted octanol–water partition coefficient (Wildman–Crippen LogP) is 1.13. The van der Waals surface area contributed by atoms with Crippen LogP contribution in [-0.2, 0) is 51.4 Å². The third kappa shape index (κ3) is 7.49. The molecule has 1 aliphatic heterocycles. The Balaban J connectivity index is 1.96. The zero-order valence-electron chi connectivity index (χ0n) is 24.5. The number of phosphoric acid groups is 1. The van der Waals surface area contributed by atoms with Crippen LogP contribution >= 0.6 is 19.6 Å². The summed E-state index contributed by atoms with van der Waals surface area (Å²) < 4.78 is 74.7. The van der Waals surface area contributed by atoms with Gasteiger partial charge in [-0.2, -0.15) is 0 Å². The van der Waals surface area contributed by atoms with Crippen LogP contribution in [0.5, 0.6) is 0 Å². The van der Waals surface area contributed by atoms with Crippen LogP contribution in [-0.4, -0.2) is 94.9 Å².